The largest absolute Gasteiger partial charge is 0.251 e. The summed E-state index contributed by atoms with van der Waals surface area (Å²) >= 11 is 6.43. The van der Waals surface area contributed by atoms with E-state index in [0.29, 0.717) is 10.7 Å². The van der Waals surface area contributed by atoms with Crippen molar-refractivity contribution in [2.45, 2.75) is 12.5 Å². The van der Waals surface area contributed by atoms with Gasteiger partial charge in [-0.15, -0.1) is 0 Å². The summed E-state index contributed by atoms with van der Waals surface area (Å²) in [5.41, 5.74) is 0.121. The van der Waals surface area contributed by atoms with Crippen LogP contribution >= 0.6 is 31.9 Å². The van der Waals surface area contributed by atoms with E-state index in [4.69, 9.17) is 5.26 Å². The van der Waals surface area contributed by atoms with Crippen molar-refractivity contribution in [1.82, 2.24) is 0 Å². The van der Waals surface area contributed by atoms with Crippen LogP contribution in [0.15, 0.2) is 12.2 Å². The van der Waals surface area contributed by atoms with E-state index in [1.807, 2.05) is 0 Å². The molecule has 0 aromatic carbocycles. The maximum atomic E-state index is 8.48. The van der Waals surface area contributed by atoms with Gasteiger partial charge >= 0.3 is 0 Å². The zero-order valence-corrected chi connectivity index (χ0v) is 8.90. The van der Waals surface area contributed by atoms with E-state index in [2.05, 4.69) is 43.3 Å². The Kier molecular flexibility index (Phi) is 4.77. The van der Waals surface area contributed by atoms with Crippen molar-refractivity contribution in [2.24, 2.45) is 0 Å². The molecule has 0 aliphatic carbocycles. The molecular formula is C6H10Br2O2. The second-order valence-electron chi connectivity index (χ2n) is 2.19. The van der Waals surface area contributed by atoms with Crippen molar-refractivity contribution in [3.05, 3.63) is 12.2 Å². The Hall–Kier alpha value is 0.620. The normalized spacial score (nSPS) is 16.4. The van der Waals surface area contributed by atoms with E-state index in [0.717, 1.165) is 5.57 Å². The maximum absolute atomic E-state index is 8.48. The van der Waals surface area contributed by atoms with Crippen LogP contribution in [0.3, 0.4) is 0 Å². The molecule has 0 bridgehead atoms. The van der Waals surface area contributed by atoms with Crippen LogP contribution in [0.4, 0.5) is 0 Å². The highest BCUT2D eigenvalue weighted by Crippen LogP contribution is 2.22. The van der Waals surface area contributed by atoms with Crippen LogP contribution in [-0.2, 0) is 4.89 Å². The molecule has 0 aromatic rings. The van der Waals surface area contributed by atoms with E-state index in [-0.39, 0.29) is 0 Å². The number of hydrogen-bond donors (Lipinski definition) is 1. The Morgan fingerprint density at radius 3 is 2.30 bits per heavy atom. The van der Waals surface area contributed by atoms with Gasteiger partial charge in [0, 0.05) is 10.7 Å². The van der Waals surface area contributed by atoms with Gasteiger partial charge in [0.15, 0.2) is 0 Å². The summed E-state index contributed by atoms with van der Waals surface area (Å²) in [6, 6.07) is 0. The molecule has 4 heteroatoms. The maximum Gasteiger partial charge on any atom is 0.132 e. The van der Waals surface area contributed by atoms with Crippen LogP contribution in [-0.4, -0.2) is 21.5 Å². The third-order valence-corrected chi connectivity index (χ3v) is 3.11. The molecule has 60 valence electrons. The van der Waals surface area contributed by atoms with Crippen LogP contribution in [0.25, 0.3) is 0 Å². The van der Waals surface area contributed by atoms with Gasteiger partial charge in [-0.25, -0.2) is 4.89 Å². The van der Waals surface area contributed by atoms with Gasteiger partial charge in [0.25, 0.3) is 0 Å². The van der Waals surface area contributed by atoms with Crippen molar-refractivity contribution in [3.63, 3.8) is 0 Å². The minimum Gasteiger partial charge on any atom is -0.251 e. The summed E-state index contributed by atoms with van der Waals surface area (Å²) < 4.78 is 0. The van der Waals surface area contributed by atoms with E-state index in [9.17, 15) is 0 Å². The second kappa shape index (κ2) is 4.49. The number of rotatable bonds is 4. The Balaban J connectivity index is 4.17. The number of alkyl halides is 2. The predicted molar refractivity (Wildman–Crippen MR) is 48.8 cm³/mol. The molecule has 0 saturated carbocycles. The fourth-order valence-electron chi connectivity index (χ4n) is 0.325. The first kappa shape index (κ1) is 10.6. The van der Waals surface area contributed by atoms with Gasteiger partial charge in [-0.05, 0) is 12.5 Å². The average Bonchev–Trinajstić information content (AvgIpc) is 2.01. The minimum atomic E-state index is -0.677. The van der Waals surface area contributed by atoms with Gasteiger partial charge in [0.05, 0.1) is 0 Å². The molecule has 0 amide bonds. The Labute approximate surface area is 77.4 Å². The SMILES string of the molecule is C=C(CBr)C(C)(CBr)OO. The molecule has 0 spiro atoms. The summed E-state index contributed by atoms with van der Waals surface area (Å²) in [6.45, 7) is 5.48. The highest BCUT2D eigenvalue weighted by atomic mass is 79.9. The van der Waals surface area contributed by atoms with Crippen molar-refractivity contribution in [1.29, 1.82) is 0 Å². The van der Waals surface area contributed by atoms with Crippen LogP contribution in [0.5, 0.6) is 0 Å². The van der Waals surface area contributed by atoms with Gasteiger partial charge in [0.2, 0.25) is 0 Å². The van der Waals surface area contributed by atoms with Crippen molar-refractivity contribution < 1.29 is 10.1 Å². The summed E-state index contributed by atoms with van der Waals surface area (Å²) in [6.07, 6.45) is 0. The quantitative estimate of drug-likeness (QED) is 0.369. The first-order valence-electron chi connectivity index (χ1n) is 2.73. The Morgan fingerprint density at radius 1 is 1.70 bits per heavy atom. The van der Waals surface area contributed by atoms with E-state index in [1.165, 1.54) is 0 Å². The van der Waals surface area contributed by atoms with Gasteiger partial charge < -0.3 is 0 Å². The third-order valence-electron chi connectivity index (χ3n) is 1.37. The van der Waals surface area contributed by atoms with Crippen LogP contribution in [0.2, 0.25) is 0 Å². The molecule has 0 aliphatic rings. The molecule has 0 aromatic heterocycles. The van der Waals surface area contributed by atoms with Gasteiger partial charge in [-0.1, -0.05) is 38.4 Å². The lowest BCUT2D eigenvalue weighted by Crippen LogP contribution is -2.32. The first-order chi connectivity index (χ1) is 4.60. The summed E-state index contributed by atoms with van der Waals surface area (Å²) in [7, 11) is 0. The average molecular weight is 274 g/mol. The Morgan fingerprint density at radius 2 is 2.20 bits per heavy atom. The highest BCUT2D eigenvalue weighted by molar-refractivity contribution is 9.09. The first-order valence-corrected chi connectivity index (χ1v) is 4.97. The highest BCUT2D eigenvalue weighted by Gasteiger charge is 2.26. The van der Waals surface area contributed by atoms with Crippen LogP contribution < -0.4 is 0 Å². The molecule has 1 N–H and O–H groups in total. The zero-order chi connectivity index (χ0) is 8.20. The van der Waals surface area contributed by atoms with E-state index < -0.39 is 5.60 Å². The molecule has 1 atom stereocenters. The predicted octanol–water partition coefficient (Wildman–Crippen LogP) is 2.58. The second-order valence-corrected chi connectivity index (χ2v) is 3.31. The molecule has 0 aliphatic heterocycles. The lowest BCUT2D eigenvalue weighted by atomic mass is 10.0. The molecule has 1 unspecified atom stereocenters. The molecule has 0 saturated heterocycles. The van der Waals surface area contributed by atoms with Crippen LogP contribution in [0.1, 0.15) is 6.92 Å². The minimum absolute atomic E-state index is 0.529. The summed E-state index contributed by atoms with van der Waals surface area (Å²) in [5.74, 6) is 0. The van der Waals surface area contributed by atoms with E-state index in [1.54, 1.807) is 6.92 Å². The Bertz CT molecular complexity index is 121. The van der Waals surface area contributed by atoms with Gasteiger partial charge in [-0.3, -0.25) is 5.26 Å². The number of halogens is 2. The van der Waals surface area contributed by atoms with Crippen LogP contribution in [0, 0.1) is 0 Å². The summed E-state index contributed by atoms with van der Waals surface area (Å²) in [4.78, 5) is 4.26. The van der Waals surface area contributed by atoms with Crippen molar-refractivity contribution in [2.75, 3.05) is 10.7 Å². The standard InChI is InChI=1S/C6H10Br2O2/c1-5(3-7)6(2,4-8)10-9/h9H,1,3-4H2,2H3. The monoisotopic (exact) mass is 272 g/mol. The fourth-order valence-corrected chi connectivity index (χ4v) is 1.42. The fraction of sp³-hybridized carbons (Fsp3) is 0.667. The zero-order valence-electron chi connectivity index (χ0n) is 5.73. The molecular weight excluding hydrogens is 264 g/mol. The lowest BCUT2D eigenvalue weighted by Gasteiger charge is -2.24. The molecule has 0 heterocycles. The number of hydrogen-bond acceptors (Lipinski definition) is 2. The molecule has 10 heavy (non-hydrogen) atoms. The smallest absolute Gasteiger partial charge is 0.132 e. The van der Waals surface area contributed by atoms with Gasteiger partial charge in [0.1, 0.15) is 5.60 Å². The van der Waals surface area contributed by atoms with Gasteiger partial charge in [-0.2, -0.15) is 0 Å². The topological polar surface area (TPSA) is 29.5 Å². The molecule has 0 radical (unpaired) electrons. The molecule has 2 nitrogen and oxygen atoms in total. The lowest BCUT2D eigenvalue weighted by molar-refractivity contribution is -0.298. The van der Waals surface area contributed by atoms with Crippen molar-refractivity contribution >= 4 is 31.9 Å². The molecule has 0 rings (SSSR count). The molecule has 0 fully saturated rings. The van der Waals surface area contributed by atoms with E-state index >= 15 is 0 Å². The third kappa shape index (κ3) is 2.34. The van der Waals surface area contributed by atoms with Crippen molar-refractivity contribution in [3.8, 4) is 0 Å². The summed E-state index contributed by atoms with van der Waals surface area (Å²) in [5, 5.41) is 9.62.